The van der Waals surface area contributed by atoms with E-state index < -0.39 is 15.3 Å². The number of nitrogens with zero attached hydrogens (tertiary/aromatic N) is 1. The van der Waals surface area contributed by atoms with Gasteiger partial charge in [0.05, 0.1) is 4.99 Å². The average molecular weight is 318 g/mol. The fraction of sp³-hybridized carbons (Fsp3) is 0.583. The fourth-order valence-electron chi connectivity index (χ4n) is 2.56. The standard InChI is InChI=1S/C12H18N2O2S3/c1-3-11(12(13)17)19(15,16)14-6-4-10-9(8(14)2)5-7-18-10/h5,7-8,11H,3-4,6H2,1-2H3,(H2,13,17). The van der Waals surface area contributed by atoms with E-state index in [0.29, 0.717) is 13.0 Å². The largest absolute Gasteiger partial charge is 0.392 e. The average Bonchev–Trinajstić information content (AvgIpc) is 2.77. The van der Waals surface area contributed by atoms with E-state index in [1.54, 1.807) is 22.6 Å². The van der Waals surface area contributed by atoms with Crippen LogP contribution < -0.4 is 5.73 Å². The maximum atomic E-state index is 12.7. The van der Waals surface area contributed by atoms with Crippen LogP contribution in [-0.2, 0) is 16.4 Å². The Bertz CT molecular complexity index is 580. The normalized spacial score (nSPS) is 21.9. The van der Waals surface area contributed by atoms with Crippen LogP contribution in [0.4, 0.5) is 0 Å². The van der Waals surface area contributed by atoms with Crippen LogP contribution in [0.15, 0.2) is 11.4 Å². The summed E-state index contributed by atoms with van der Waals surface area (Å²) in [6, 6.07) is 1.87. The van der Waals surface area contributed by atoms with E-state index in [1.807, 2.05) is 18.4 Å². The Morgan fingerprint density at radius 3 is 2.95 bits per heavy atom. The Balaban J connectivity index is 2.35. The zero-order chi connectivity index (χ0) is 14.2. The highest BCUT2D eigenvalue weighted by Crippen LogP contribution is 2.35. The van der Waals surface area contributed by atoms with Gasteiger partial charge in [-0.2, -0.15) is 4.31 Å². The lowest BCUT2D eigenvalue weighted by atomic mass is 10.0. The predicted molar refractivity (Wildman–Crippen MR) is 82.9 cm³/mol. The minimum atomic E-state index is -3.47. The second-order valence-electron chi connectivity index (χ2n) is 4.68. The maximum absolute atomic E-state index is 12.7. The first-order valence-corrected chi connectivity index (χ1v) is 9.05. The summed E-state index contributed by atoms with van der Waals surface area (Å²) in [5, 5.41) is 1.26. The maximum Gasteiger partial charge on any atom is 0.224 e. The minimum Gasteiger partial charge on any atom is -0.392 e. The monoisotopic (exact) mass is 318 g/mol. The Morgan fingerprint density at radius 1 is 1.68 bits per heavy atom. The lowest BCUT2D eigenvalue weighted by Gasteiger charge is -2.34. The van der Waals surface area contributed by atoms with Crippen LogP contribution in [0.25, 0.3) is 0 Å². The molecule has 0 fully saturated rings. The summed E-state index contributed by atoms with van der Waals surface area (Å²) in [5.41, 5.74) is 6.70. The first kappa shape index (κ1) is 14.9. The molecular formula is C12H18N2O2S3. The first-order valence-electron chi connectivity index (χ1n) is 6.25. The molecule has 0 saturated heterocycles. The van der Waals surface area contributed by atoms with Crippen LogP contribution in [-0.4, -0.2) is 29.5 Å². The van der Waals surface area contributed by atoms with Gasteiger partial charge in [0.15, 0.2) is 0 Å². The molecule has 2 heterocycles. The summed E-state index contributed by atoms with van der Waals surface area (Å²) in [4.78, 5) is 1.34. The molecule has 1 aliphatic rings. The summed E-state index contributed by atoms with van der Waals surface area (Å²) in [7, 11) is -3.47. The van der Waals surface area contributed by atoms with E-state index in [2.05, 4.69) is 0 Å². The molecule has 0 bridgehead atoms. The highest BCUT2D eigenvalue weighted by atomic mass is 32.2. The number of sulfonamides is 1. The van der Waals surface area contributed by atoms with E-state index in [9.17, 15) is 8.42 Å². The molecule has 106 valence electrons. The Morgan fingerprint density at radius 2 is 2.37 bits per heavy atom. The van der Waals surface area contributed by atoms with Crippen LogP contribution in [0, 0.1) is 0 Å². The first-order chi connectivity index (χ1) is 8.89. The van der Waals surface area contributed by atoms with Crippen molar-refractivity contribution in [2.24, 2.45) is 5.73 Å². The lowest BCUT2D eigenvalue weighted by molar-refractivity contribution is 0.327. The quantitative estimate of drug-likeness (QED) is 0.863. The second kappa shape index (κ2) is 5.47. The molecular weight excluding hydrogens is 300 g/mol. The molecule has 4 nitrogen and oxygen atoms in total. The molecule has 1 aliphatic heterocycles. The number of hydrogen-bond donors (Lipinski definition) is 1. The summed E-state index contributed by atoms with van der Waals surface area (Å²) >= 11 is 6.60. The summed E-state index contributed by atoms with van der Waals surface area (Å²) in [6.07, 6.45) is 1.18. The van der Waals surface area contributed by atoms with Crippen molar-refractivity contribution in [3.63, 3.8) is 0 Å². The van der Waals surface area contributed by atoms with Crippen molar-refractivity contribution >= 4 is 38.6 Å². The van der Waals surface area contributed by atoms with E-state index >= 15 is 0 Å². The van der Waals surface area contributed by atoms with Gasteiger partial charge < -0.3 is 5.73 Å². The number of thiocarbonyl (C=S) groups is 1. The molecule has 0 radical (unpaired) electrons. The third-order valence-electron chi connectivity index (χ3n) is 3.60. The van der Waals surface area contributed by atoms with Gasteiger partial charge >= 0.3 is 0 Å². The summed E-state index contributed by atoms with van der Waals surface area (Å²) in [6.45, 7) is 4.23. The van der Waals surface area contributed by atoms with Crippen molar-refractivity contribution < 1.29 is 8.42 Å². The van der Waals surface area contributed by atoms with Crippen molar-refractivity contribution in [2.45, 2.75) is 38.0 Å². The molecule has 1 aromatic heterocycles. The van der Waals surface area contributed by atoms with Crippen molar-refractivity contribution in [1.82, 2.24) is 4.31 Å². The van der Waals surface area contributed by atoms with E-state index in [-0.39, 0.29) is 11.0 Å². The van der Waals surface area contributed by atoms with Crippen molar-refractivity contribution in [2.75, 3.05) is 6.54 Å². The highest BCUT2D eigenvalue weighted by molar-refractivity contribution is 7.92. The zero-order valence-corrected chi connectivity index (χ0v) is 13.4. The fourth-order valence-corrected chi connectivity index (χ4v) is 5.99. The van der Waals surface area contributed by atoms with Crippen molar-refractivity contribution in [3.8, 4) is 0 Å². The van der Waals surface area contributed by atoms with Gasteiger partial charge in [-0.1, -0.05) is 19.1 Å². The van der Waals surface area contributed by atoms with Crippen LogP contribution in [0.3, 0.4) is 0 Å². The molecule has 1 aromatic rings. The molecule has 7 heteroatoms. The molecule has 19 heavy (non-hydrogen) atoms. The number of hydrogen-bond acceptors (Lipinski definition) is 4. The van der Waals surface area contributed by atoms with Crippen molar-refractivity contribution in [3.05, 3.63) is 21.9 Å². The smallest absolute Gasteiger partial charge is 0.224 e. The number of nitrogens with two attached hydrogens (primary N) is 1. The Kier molecular flexibility index (Phi) is 4.29. The highest BCUT2D eigenvalue weighted by Gasteiger charge is 2.38. The Hall–Kier alpha value is -0.500. The van der Waals surface area contributed by atoms with E-state index in [4.69, 9.17) is 18.0 Å². The van der Waals surface area contributed by atoms with Crippen LogP contribution in [0.5, 0.6) is 0 Å². The van der Waals surface area contributed by atoms with Gasteiger partial charge in [0.2, 0.25) is 10.0 Å². The number of thiophene rings is 1. The van der Waals surface area contributed by atoms with E-state index in [0.717, 1.165) is 12.0 Å². The van der Waals surface area contributed by atoms with Crippen LogP contribution in [0.1, 0.15) is 36.8 Å². The molecule has 2 atom stereocenters. The summed E-state index contributed by atoms with van der Waals surface area (Å²) in [5.74, 6) is 0. The van der Waals surface area contributed by atoms with Gasteiger partial charge in [-0.15, -0.1) is 11.3 Å². The topological polar surface area (TPSA) is 63.4 Å². The third-order valence-corrected chi connectivity index (χ3v) is 7.48. The summed E-state index contributed by atoms with van der Waals surface area (Å²) < 4.78 is 26.9. The van der Waals surface area contributed by atoms with Crippen molar-refractivity contribution in [1.29, 1.82) is 0 Å². The second-order valence-corrected chi connectivity index (χ2v) is 8.22. The van der Waals surface area contributed by atoms with Gasteiger partial charge in [-0.25, -0.2) is 8.42 Å². The van der Waals surface area contributed by atoms with Gasteiger partial charge in [0, 0.05) is 17.5 Å². The zero-order valence-electron chi connectivity index (χ0n) is 11.0. The molecule has 0 saturated carbocycles. The molecule has 0 aromatic carbocycles. The van der Waals surface area contributed by atoms with Crippen LogP contribution in [0.2, 0.25) is 0 Å². The molecule has 0 amide bonds. The number of rotatable bonds is 4. The molecule has 2 rings (SSSR count). The molecule has 2 N–H and O–H groups in total. The van der Waals surface area contributed by atoms with E-state index in [1.165, 1.54) is 4.88 Å². The van der Waals surface area contributed by atoms with Gasteiger partial charge in [0.25, 0.3) is 0 Å². The van der Waals surface area contributed by atoms with Crippen LogP contribution >= 0.6 is 23.6 Å². The Labute approximate surface area is 123 Å². The molecule has 0 spiro atoms. The van der Waals surface area contributed by atoms with Gasteiger partial charge in [-0.05, 0) is 36.8 Å². The lowest BCUT2D eigenvalue weighted by Crippen LogP contribution is -2.47. The van der Waals surface area contributed by atoms with Gasteiger partial charge in [-0.3, -0.25) is 0 Å². The molecule has 2 unspecified atom stereocenters. The third kappa shape index (κ3) is 2.56. The number of fused-ring (bicyclic) bond motifs is 1. The minimum absolute atomic E-state index is 0.0609. The molecule has 0 aliphatic carbocycles. The van der Waals surface area contributed by atoms with Gasteiger partial charge in [0.1, 0.15) is 5.25 Å². The SMILES string of the molecule is CCC(C(N)=S)S(=O)(=O)N1CCc2sccc2C1C. The predicted octanol–water partition coefficient (Wildman–Crippen LogP) is 2.06.